The van der Waals surface area contributed by atoms with Gasteiger partial charge < -0.3 is 15.0 Å². The van der Waals surface area contributed by atoms with Crippen molar-refractivity contribution in [2.45, 2.75) is 52.7 Å². The zero-order valence-electron chi connectivity index (χ0n) is 16.9. The molecule has 5 nitrogen and oxygen atoms in total. The van der Waals surface area contributed by atoms with E-state index in [2.05, 4.69) is 42.8 Å². The highest BCUT2D eigenvalue weighted by molar-refractivity contribution is 5.80. The van der Waals surface area contributed by atoms with Gasteiger partial charge in [-0.15, -0.1) is 0 Å². The summed E-state index contributed by atoms with van der Waals surface area (Å²) in [6, 6.07) is 10.6. The van der Waals surface area contributed by atoms with Gasteiger partial charge in [-0.05, 0) is 39.1 Å². The van der Waals surface area contributed by atoms with E-state index in [0.29, 0.717) is 12.1 Å². The number of aliphatic imine (C=N–C) groups is 1. The van der Waals surface area contributed by atoms with E-state index < -0.39 is 0 Å². The molecule has 1 atom stereocenters. The first-order valence-electron chi connectivity index (χ1n) is 10.2. The van der Waals surface area contributed by atoms with Crippen LogP contribution in [0.1, 0.15) is 40.5 Å². The van der Waals surface area contributed by atoms with Gasteiger partial charge in [-0.3, -0.25) is 9.89 Å². The molecule has 1 fully saturated rings. The Morgan fingerprint density at radius 1 is 1.19 bits per heavy atom. The number of hydrogen-bond acceptors (Lipinski definition) is 3. The van der Waals surface area contributed by atoms with E-state index in [-0.39, 0.29) is 0 Å². The maximum absolute atomic E-state index is 6.11. The highest BCUT2D eigenvalue weighted by Crippen LogP contribution is 2.18. The molecule has 0 amide bonds. The number of para-hydroxylation sites is 1. The molecular formula is C21H36N4O. The smallest absolute Gasteiger partial charge is 0.193 e. The van der Waals surface area contributed by atoms with Crippen molar-refractivity contribution in [1.29, 1.82) is 0 Å². The predicted octanol–water partition coefficient (Wildman–Crippen LogP) is 3.23. The number of guanidine groups is 1. The Labute approximate surface area is 159 Å². The molecule has 0 radical (unpaired) electrons. The van der Waals surface area contributed by atoms with E-state index >= 15 is 0 Å². The maximum Gasteiger partial charge on any atom is 0.193 e. The van der Waals surface area contributed by atoms with Crippen LogP contribution in [0, 0.1) is 0 Å². The topological polar surface area (TPSA) is 40.1 Å². The number of nitrogens with one attached hydrogen (secondary N) is 1. The molecule has 0 spiro atoms. The van der Waals surface area contributed by atoms with Crippen LogP contribution in [0.5, 0.6) is 5.75 Å². The first-order chi connectivity index (χ1) is 12.7. The first kappa shape index (κ1) is 20.6. The largest absolute Gasteiger partial charge is 0.490 e. The fraction of sp³-hybridized carbons (Fsp3) is 0.667. The van der Waals surface area contributed by atoms with E-state index in [0.717, 1.165) is 63.8 Å². The Morgan fingerprint density at radius 3 is 2.42 bits per heavy atom. The summed E-state index contributed by atoms with van der Waals surface area (Å²) in [5.41, 5.74) is 0. The molecule has 0 saturated carbocycles. The van der Waals surface area contributed by atoms with Gasteiger partial charge in [-0.1, -0.05) is 32.0 Å². The van der Waals surface area contributed by atoms with Gasteiger partial charge in [0.15, 0.2) is 5.96 Å². The van der Waals surface area contributed by atoms with Gasteiger partial charge in [0.05, 0.1) is 6.54 Å². The number of benzene rings is 1. The van der Waals surface area contributed by atoms with Crippen LogP contribution >= 0.6 is 0 Å². The van der Waals surface area contributed by atoms with Gasteiger partial charge in [0.2, 0.25) is 0 Å². The minimum Gasteiger partial charge on any atom is -0.490 e. The summed E-state index contributed by atoms with van der Waals surface area (Å²) in [6.45, 7) is 14.7. The van der Waals surface area contributed by atoms with Crippen molar-refractivity contribution in [3.8, 4) is 5.75 Å². The fourth-order valence-electron chi connectivity index (χ4n) is 3.48. The lowest BCUT2D eigenvalue weighted by atomic mass is 10.1. The van der Waals surface area contributed by atoms with E-state index in [1.165, 1.54) is 0 Å². The standard InChI is InChI=1S/C21H36N4O/c1-5-22-21(23-17-18(4)24(6-2)7-3)25-15-13-20(14-16-25)26-19-11-9-8-10-12-19/h8-12,18,20H,5-7,13-17H2,1-4H3,(H,22,23). The summed E-state index contributed by atoms with van der Waals surface area (Å²) in [4.78, 5) is 9.74. The average molecular weight is 361 g/mol. The molecule has 0 aliphatic carbocycles. The molecular weight excluding hydrogens is 324 g/mol. The molecule has 1 N–H and O–H groups in total. The number of nitrogens with zero attached hydrogens (tertiary/aromatic N) is 3. The lowest BCUT2D eigenvalue weighted by Gasteiger charge is -2.34. The van der Waals surface area contributed by atoms with Crippen LogP contribution in [-0.2, 0) is 0 Å². The molecule has 1 unspecified atom stereocenters. The lowest BCUT2D eigenvalue weighted by molar-refractivity contribution is 0.129. The molecule has 0 bridgehead atoms. The Kier molecular flexibility index (Phi) is 8.75. The normalized spacial score (nSPS) is 17.4. The number of likely N-dealkylation sites (tertiary alicyclic amines) is 1. The van der Waals surface area contributed by atoms with Gasteiger partial charge in [0, 0.05) is 38.5 Å². The van der Waals surface area contributed by atoms with Gasteiger partial charge in [-0.25, -0.2) is 0 Å². The van der Waals surface area contributed by atoms with Gasteiger partial charge >= 0.3 is 0 Å². The summed E-state index contributed by atoms with van der Waals surface area (Å²) < 4.78 is 6.11. The van der Waals surface area contributed by atoms with Crippen LogP contribution in [0.25, 0.3) is 0 Å². The zero-order chi connectivity index (χ0) is 18.8. The summed E-state index contributed by atoms with van der Waals surface area (Å²) in [6.07, 6.45) is 2.36. The SMILES string of the molecule is CCNC(=NCC(C)N(CC)CC)N1CCC(Oc2ccccc2)CC1. The van der Waals surface area contributed by atoms with Crippen LogP contribution in [0.3, 0.4) is 0 Å². The van der Waals surface area contributed by atoms with Crippen LogP contribution in [0.2, 0.25) is 0 Å². The molecule has 146 valence electrons. The number of likely N-dealkylation sites (N-methyl/N-ethyl adjacent to an activating group) is 1. The molecule has 1 aromatic carbocycles. The van der Waals surface area contributed by atoms with Crippen LogP contribution < -0.4 is 10.1 Å². The van der Waals surface area contributed by atoms with Crippen LogP contribution in [0.15, 0.2) is 35.3 Å². The van der Waals surface area contributed by atoms with E-state index in [9.17, 15) is 0 Å². The van der Waals surface area contributed by atoms with Gasteiger partial charge in [-0.2, -0.15) is 0 Å². The minimum absolute atomic E-state index is 0.297. The van der Waals surface area contributed by atoms with Crippen molar-refractivity contribution in [1.82, 2.24) is 15.1 Å². The molecule has 1 aliphatic heterocycles. The summed E-state index contributed by atoms with van der Waals surface area (Å²) >= 11 is 0. The van der Waals surface area contributed by atoms with Crippen molar-refractivity contribution in [2.24, 2.45) is 4.99 Å². The van der Waals surface area contributed by atoms with Crippen molar-refractivity contribution < 1.29 is 4.74 Å². The molecule has 5 heteroatoms. The van der Waals surface area contributed by atoms with Crippen molar-refractivity contribution in [3.63, 3.8) is 0 Å². The summed E-state index contributed by atoms with van der Waals surface area (Å²) in [7, 11) is 0. The van der Waals surface area contributed by atoms with Crippen LogP contribution in [-0.4, -0.2) is 67.2 Å². The molecule has 1 heterocycles. The molecule has 26 heavy (non-hydrogen) atoms. The Hall–Kier alpha value is -1.75. The quantitative estimate of drug-likeness (QED) is 0.571. The highest BCUT2D eigenvalue weighted by Gasteiger charge is 2.23. The van der Waals surface area contributed by atoms with Crippen molar-refractivity contribution >= 4 is 5.96 Å². The monoisotopic (exact) mass is 360 g/mol. The third kappa shape index (κ3) is 6.20. The number of piperidine rings is 1. The van der Waals surface area contributed by atoms with Crippen molar-refractivity contribution in [2.75, 3.05) is 39.3 Å². The summed E-state index contributed by atoms with van der Waals surface area (Å²) in [5, 5.41) is 3.46. The number of rotatable bonds is 8. The second-order valence-electron chi connectivity index (χ2n) is 6.88. The molecule has 1 saturated heterocycles. The minimum atomic E-state index is 0.297. The molecule has 0 aromatic heterocycles. The molecule has 1 aliphatic rings. The number of ether oxygens (including phenoxy) is 1. The third-order valence-electron chi connectivity index (χ3n) is 5.06. The van der Waals surface area contributed by atoms with Crippen molar-refractivity contribution in [3.05, 3.63) is 30.3 Å². The van der Waals surface area contributed by atoms with E-state index in [1.807, 2.05) is 30.3 Å². The summed E-state index contributed by atoms with van der Waals surface area (Å²) in [5.74, 6) is 2.02. The Balaban J connectivity index is 1.87. The van der Waals surface area contributed by atoms with Gasteiger partial charge in [0.1, 0.15) is 11.9 Å². The second kappa shape index (κ2) is 11.1. The molecule has 1 aromatic rings. The van der Waals surface area contributed by atoms with E-state index in [1.54, 1.807) is 0 Å². The highest BCUT2D eigenvalue weighted by atomic mass is 16.5. The van der Waals surface area contributed by atoms with Gasteiger partial charge in [0.25, 0.3) is 0 Å². The van der Waals surface area contributed by atoms with E-state index in [4.69, 9.17) is 9.73 Å². The number of hydrogen-bond donors (Lipinski definition) is 1. The second-order valence-corrected chi connectivity index (χ2v) is 6.88. The Morgan fingerprint density at radius 2 is 1.85 bits per heavy atom. The zero-order valence-corrected chi connectivity index (χ0v) is 16.9. The average Bonchev–Trinajstić information content (AvgIpc) is 2.67. The van der Waals surface area contributed by atoms with Crippen LogP contribution in [0.4, 0.5) is 0 Å². The first-order valence-corrected chi connectivity index (χ1v) is 10.2. The fourth-order valence-corrected chi connectivity index (χ4v) is 3.48. The lowest BCUT2D eigenvalue weighted by Crippen LogP contribution is -2.48. The maximum atomic E-state index is 6.11. The Bertz CT molecular complexity index is 522. The third-order valence-corrected chi connectivity index (χ3v) is 5.06. The molecule has 2 rings (SSSR count). The predicted molar refractivity (Wildman–Crippen MR) is 110 cm³/mol.